The molecule has 0 saturated heterocycles. The van der Waals surface area contributed by atoms with Gasteiger partial charge in [0.05, 0.1) is 6.20 Å². The minimum atomic E-state index is 0.513. The van der Waals surface area contributed by atoms with E-state index in [1.807, 2.05) is 10.8 Å². The molecule has 0 fully saturated rings. The van der Waals surface area contributed by atoms with Crippen LogP contribution >= 0.6 is 11.3 Å². The molecule has 0 aliphatic rings. The summed E-state index contributed by atoms with van der Waals surface area (Å²) in [5.74, 6) is 0.513. The molecule has 0 bridgehead atoms. The van der Waals surface area contributed by atoms with Crippen molar-refractivity contribution in [3.05, 3.63) is 17.0 Å². The van der Waals surface area contributed by atoms with Crippen LogP contribution in [0.4, 0.5) is 5.82 Å². The van der Waals surface area contributed by atoms with Crippen molar-refractivity contribution in [1.82, 2.24) is 10.2 Å². The quantitative estimate of drug-likeness (QED) is 0.617. The first-order chi connectivity index (χ1) is 4.88. The summed E-state index contributed by atoms with van der Waals surface area (Å²) in [6.45, 7) is 0. The summed E-state index contributed by atoms with van der Waals surface area (Å²) >= 11 is 1.61. The van der Waals surface area contributed by atoms with Crippen LogP contribution < -0.4 is 5.73 Å². The van der Waals surface area contributed by atoms with E-state index in [-0.39, 0.29) is 0 Å². The van der Waals surface area contributed by atoms with Gasteiger partial charge < -0.3 is 5.73 Å². The number of hydrogen-bond donors (Lipinski definition) is 1. The minimum absolute atomic E-state index is 0.513. The van der Waals surface area contributed by atoms with Crippen molar-refractivity contribution in [3.8, 4) is 0 Å². The lowest BCUT2D eigenvalue weighted by Crippen LogP contribution is -1.91. The minimum Gasteiger partial charge on any atom is -0.382 e. The summed E-state index contributed by atoms with van der Waals surface area (Å²) in [7, 11) is 0. The van der Waals surface area contributed by atoms with Crippen LogP contribution in [0.5, 0.6) is 0 Å². The second kappa shape index (κ2) is 1.91. The Labute approximate surface area is 61.5 Å². The van der Waals surface area contributed by atoms with Crippen LogP contribution in [0.3, 0.4) is 0 Å². The highest BCUT2D eigenvalue weighted by Gasteiger charge is 1.97. The molecule has 2 heterocycles. The Morgan fingerprint density at radius 1 is 1.40 bits per heavy atom. The lowest BCUT2D eigenvalue weighted by atomic mass is 10.3. The second-order valence-corrected chi connectivity index (χ2v) is 2.71. The molecule has 0 saturated carbocycles. The van der Waals surface area contributed by atoms with Crippen LogP contribution in [0.1, 0.15) is 0 Å². The van der Waals surface area contributed by atoms with E-state index in [9.17, 15) is 0 Å². The van der Waals surface area contributed by atoms with Crippen molar-refractivity contribution in [2.45, 2.75) is 0 Å². The number of hydrogen-bond acceptors (Lipinski definition) is 4. The van der Waals surface area contributed by atoms with Gasteiger partial charge >= 0.3 is 0 Å². The molecular weight excluding hydrogens is 146 g/mol. The summed E-state index contributed by atoms with van der Waals surface area (Å²) in [5.41, 5.74) is 5.53. The molecule has 3 nitrogen and oxygen atoms in total. The molecule has 0 atom stereocenters. The third-order valence-corrected chi connectivity index (χ3v) is 2.09. The molecule has 2 aromatic heterocycles. The first-order valence-corrected chi connectivity index (χ1v) is 3.75. The maximum atomic E-state index is 5.53. The number of rotatable bonds is 0. The van der Waals surface area contributed by atoms with Crippen molar-refractivity contribution in [2.24, 2.45) is 0 Å². The van der Waals surface area contributed by atoms with E-state index < -0.39 is 0 Å². The van der Waals surface area contributed by atoms with Gasteiger partial charge in [-0.15, -0.1) is 5.10 Å². The van der Waals surface area contributed by atoms with Crippen LogP contribution in [0.15, 0.2) is 17.0 Å². The van der Waals surface area contributed by atoms with Crippen molar-refractivity contribution in [2.75, 3.05) is 5.73 Å². The molecule has 50 valence electrons. The van der Waals surface area contributed by atoms with Gasteiger partial charge in [-0.25, -0.2) is 0 Å². The SMILES string of the molecule is Nc1nncc2cscc12. The average molecular weight is 151 g/mol. The molecule has 0 spiro atoms. The lowest BCUT2D eigenvalue weighted by Gasteiger charge is -1.89. The Morgan fingerprint density at radius 2 is 2.30 bits per heavy atom. The van der Waals surface area contributed by atoms with Gasteiger partial charge in [0.1, 0.15) is 0 Å². The molecular formula is C6H5N3S. The summed E-state index contributed by atoms with van der Waals surface area (Å²) in [4.78, 5) is 0. The van der Waals surface area contributed by atoms with Gasteiger partial charge in [0.25, 0.3) is 0 Å². The second-order valence-electron chi connectivity index (χ2n) is 1.97. The molecule has 0 aliphatic carbocycles. The largest absolute Gasteiger partial charge is 0.382 e. The van der Waals surface area contributed by atoms with Gasteiger partial charge in [-0.1, -0.05) is 0 Å². The van der Waals surface area contributed by atoms with E-state index in [1.54, 1.807) is 17.5 Å². The zero-order valence-electron chi connectivity index (χ0n) is 5.11. The van der Waals surface area contributed by atoms with Gasteiger partial charge in [0, 0.05) is 21.5 Å². The van der Waals surface area contributed by atoms with E-state index >= 15 is 0 Å². The van der Waals surface area contributed by atoms with Gasteiger partial charge in [-0.3, -0.25) is 0 Å². The number of fused-ring (bicyclic) bond motifs is 1. The Bertz CT molecular complexity index is 355. The van der Waals surface area contributed by atoms with Crippen LogP contribution in [-0.4, -0.2) is 10.2 Å². The molecule has 0 aliphatic heterocycles. The summed E-state index contributed by atoms with van der Waals surface area (Å²) in [6, 6.07) is 0. The van der Waals surface area contributed by atoms with Crippen molar-refractivity contribution in [3.63, 3.8) is 0 Å². The number of thiophene rings is 1. The van der Waals surface area contributed by atoms with Crippen LogP contribution in [0.25, 0.3) is 10.8 Å². The predicted molar refractivity (Wildman–Crippen MR) is 41.8 cm³/mol. The van der Waals surface area contributed by atoms with Crippen molar-refractivity contribution >= 4 is 27.9 Å². The third kappa shape index (κ3) is 0.657. The van der Waals surface area contributed by atoms with E-state index in [0.29, 0.717) is 5.82 Å². The van der Waals surface area contributed by atoms with Gasteiger partial charge in [0.2, 0.25) is 0 Å². The summed E-state index contributed by atoms with van der Waals surface area (Å²) < 4.78 is 0. The van der Waals surface area contributed by atoms with Crippen molar-refractivity contribution in [1.29, 1.82) is 0 Å². The van der Waals surface area contributed by atoms with Gasteiger partial charge in [0.15, 0.2) is 5.82 Å². The van der Waals surface area contributed by atoms with Crippen LogP contribution in [0, 0.1) is 0 Å². The summed E-state index contributed by atoms with van der Waals surface area (Å²) in [5, 5.41) is 13.5. The zero-order valence-corrected chi connectivity index (χ0v) is 5.93. The number of anilines is 1. The Balaban J connectivity index is 2.95. The monoisotopic (exact) mass is 151 g/mol. The van der Waals surface area contributed by atoms with Gasteiger partial charge in [-0.2, -0.15) is 16.4 Å². The highest BCUT2D eigenvalue weighted by atomic mass is 32.1. The average Bonchev–Trinajstić information content (AvgIpc) is 2.36. The molecule has 2 N–H and O–H groups in total. The zero-order chi connectivity index (χ0) is 6.97. The number of nitrogens with two attached hydrogens (primary N) is 1. The molecule has 2 rings (SSSR count). The van der Waals surface area contributed by atoms with E-state index in [1.165, 1.54) is 0 Å². The highest BCUT2D eigenvalue weighted by molar-refractivity contribution is 7.09. The normalized spacial score (nSPS) is 10.4. The third-order valence-electron chi connectivity index (χ3n) is 1.33. The maximum absolute atomic E-state index is 5.53. The van der Waals surface area contributed by atoms with Crippen LogP contribution in [0.2, 0.25) is 0 Å². The fraction of sp³-hybridized carbons (Fsp3) is 0. The fourth-order valence-electron chi connectivity index (χ4n) is 0.822. The lowest BCUT2D eigenvalue weighted by molar-refractivity contribution is 1.06. The smallest absolute Gasteiger partial charge is 0.154 e. The standard InChI is InChI=1S/C6H5N3S/c7-6-5-3-10-2-4(5)1-8-9-6/h1-3H,(H2,7,9). The first kappa shape index (κ1) is 5.61. The highest BCUT2D eigenvalue weighted by Crippen LogP contribution is 2.20. The molecule has 10 heavy (non-hydrogen) atoms. The number of nitrogens with zero attached hydrogens (tertiary/aromatic N) is 2. The Morgan fingerprint density at radius 3 is 3.10 bits per heavy atom. The molecule has 0 unspecified atom stereocenters. The molecule has 4 heteroatoms. The van der Waals surface area contributed by atoms with Crippen LogP contribution in [-0.2, 0) is 0 Å². The van der Waals surface area contributed by atoms with E-state index in [2.05, 4.69) is 10.2 Å². The molecule has 2 aromatic rings. The van der Waals surface area contributed by atoms with Crippen molar-refractivity contribution < 1.29 is 0 Å². The number of aromatic nitrogens is 2. The topological polar surface area (TPSA) is 51.8 Å². The summed E-state index contributed by atoms with van der Waals surface area (Å²) in [6.07, 6.45) is 1.71. The first-order valence-electron chi connectivity index (χ1n) is 2.81. The van der Waals surface area contributed by atoms with Gasteiger partial charge in [-0.05, 0) is 0 Å². The Hall–Kier alpha value is -1.16. The Kier molecular flexibility index (Phi) is 1.07. The number of nitrogen functional groups attached to an aromatic ring is 1. The maximum Gasteiger partial charge on any atom is 0.154 e. The van der Waals surface area contributed by atoms with E-state index in [0.717, 1.165) is 10.8 Å². The van der Waals surface area contributed by atoms with E-state index in [4.69, 9.17) is 5.73 Å². The molecule has 0 aromatic carbocycles. The fourth-order valence-corrected chi connectivity index (χ4v) is 1.62. The predicted octanol–water partition coefficient (Wildman–Crippen LogP) is 1.27. The molecule has 0 radical (unpaired) electrons. The molecule has 0 amide bonds.